The van der Waals surface area contributed by atoms with Crippen LogP contribution in [0.15, 0.2) is 24.3 Å². The van der Waals surface area contributed by atoms with E-state index in [0.717, 1.165) is 12.1 Å². The lowest BCUT2D eigenvalue weighted by atomic mass is 10.1. The Balaban J connectivity index is 2.47. The third-order valence-corrected chi connectivity index (χ3v) is 2.68. The average Bonchev–Trinajstić information content (AvgIpc) is 2.38. The molecule has 0 aliphatic carbocycles. The lowest BCUT2D eigenvalue weighted by Gasteiger charge is -2.11. The molecule has 0 radical (unpaired) electrons. The van der Waals surface area contributed by atoms with Crippen molar-refractivity contribution in [2.45, 2.75) is 0 Å². The molecule has 0 heterocycles. The van der Waals surface area contributed by atoms with Gasteiger partial charge in [0.2, 0.25) is 0 Å². The van der Waals surface area contributed by atoms with Gasteiger partial charge in [0, 0.05) is 17.8 Å². The normalized spacial score (nSPS) is 10.5. The summed E-state index contributed by atoms with van der Waals surface area (Å²) in [4.78, 5) is 11.1. The summed E-state index contributed by atoms with van der Waals surface area (Å²) in [6, 6.07) is 2.58. The van der Waals surface area contributed by atoms with Crippen molar-refractivity contribution in [1.82, 2.24) is 0 Å². The van der Waals surface area contributed by atoms with Gasteiger partial charge in [0.05, 0.1) is 16.9 Å². The van der Waals surface area contributed by atoms with Gasteiger partial charge in [-0.2, -0.15) is 0 Å². The van der Waals surface area contributed by atoms with Crippen molar-refractivity contribution in [2.24, 2.45) is 5.73 Å². The summed E-state index contributed by atoms with van der Waals surface area (Å²) in [6.07, 6.45) is 0. The predicted molar refractivity (Wildman–Crippen MR) is 68.9 cm³/mol. The van der Waals surface area contributed by atoms with Gasteiger partial charge in [0.15, 0.2) is 11.6 Å². The summed E-state index contributed by atoms with van der Waals surface area (Å²) in [6.45, 7) is 0. The zero-order valence-electron chi connectivity index (χ0n) is 10.4. The monoisotopic (exact) mass is 299 g/mol. The van der Waals surface area contributed by atoms with Gasteiger partial charge in [-0.1, -0.05) is 0 Å². The minimum absolute atomic E-state index is 0.193. The van der Waals surface area contributed by atoms with Crippen molar-refractivity contribution in [2.75, 3.05) is 11.1 Å². The lowest BCUT2D eigenvalue weighted by molar-refractivity contribution is 0.100. The van der Waals surface area contributed by atoms with Crippen LogP contribution in [0.2, 0.25) is 0 Å². The molecule has 8 heteroatoms. The van der Waals surface area contributed by atoms with Gasteiger partial charge in [-0.05, 0) is 12.1 Å². The Morgan fingerprint density at radius 1 is 0.857 bits per heavy atom. The first kappa shape index (κ1) is 14.6. The standard InChI is InChI=1S/C13H9F4N3O/c14-6-2-8(16)12(4-7(6)15)20-11-1-5(13(19)21)10(18)3-9(11)17/h1-4,20H,18H2,(H2,19,21). The molecule has 2 aromatic rings. The second-order valence-corrected chi connectivity index (χ2v) is 4.15. The second-order valence-electron chi connectivity index (χ2n) is 4.15. The number of carbonyl (C=O) groups excluding carboxylic acids is 1. The molecule has 0 saturated carbocycles. The third-order valence-electron chi connectivity index (χ3n) is 2.68. The summed E-state index contributed by atoms with van der Waals surface area (Å²) >= 11 is 0. The van der Waals surface area contributed by atoms with Crippen molar-refractivity contribution in [1.29, 1.82) is 0 Å². The highest BCUT2D eigenvalue weighted by atomic mass is 19.2. The molecule has 4 nitrogen and oxygen atoms in total. The van der Waals surface area contributed by atoms with Crippen LogP contribution < -0.4 is 16.8 Å². The van der Waals surface area contributed by atoms with Crippen molar-refractivity contribution in [3.05, 3.63) is 53.1 Å². The molecule has 0 spiro atoms. The zero-order chi connectivity index (χ0) is 15.7. The number of hydrogen-bond acceptors (Lipinski definition) is 3. The third kappa shape index (κ3) is 2.88. The number of halogens is 4. The summed E-state index contributed by atoms with van der Waals surface area (Å²) < 4.78 is 53.1. The zero-order valence-corrected chi connectivity index (χ0v) is 10.4. The molecule has 2 aromatic carbocycles. The smallest absolute Gasteiger partial charge is 0.250 e. The number of amides is 1. The van der Waals surface area contributed by atoms with Crippen molar-refractivity contribution in [3.63, 3.8) is 0 Å². The number of carbonyl (C=O) groups is 1. The molecule has 0 aromatic heterocycles. The van der Waals surface area contributed by atoms with E-state index >= 15 is 0 Å². The molecule has 0 aliphatic rings. The lowest BCUT2D eigenvalue weighted by Crippen LogP contribution is -2.14. The molecule has 0 saturated heterocycles. The van der Waals surface area contributed by atoms with Gasteiger partial charge < -0.3 is 16.8 Å². The topological polar surface area (TPSA) is 81.1 Å². The summed E-state index contributed by atoms with van der Waals surface area (Å²) in [5, 5.41) is 2.21. The van der Waals surface area contributed by atoms with Gasteiger partial charge in [-0.3, -0.25) is 4.79 Å². The molecule has 21 heavy (non-hydrogen) atoms. The Morgan fingerprint density at radius 3 is 2.00 bits per heavy atom. The molecule has 0 fully saturated rings. The number of rotatable bonds is 3. The van der Waals surface area contributed by atoms with Crippen LogP contribution in [0.25, 0.3) is 0 Å². The van der Waals surface area contributed by atoms with Crippen LogP contribution in [0.3, 0.4) is 0 Å². The highest BCUT2D eigenvalue weighted by molar-refractivity contribution is 5.99. The van der Waals surface area contributed by atoms with Crippen molar-refractivity contribution < 1.29 is 22.4 Å². The number of anilines is 3. The first-order chi connectivity index (χ1) is 9.79. The highest BCUT2D eigenvalue weighted by Gasteiger charge is 2.15. The van der Waals surface area contributed by atoms with Gasteiger partial charge in [-0.15, -0.1) is 0 Å². The predicted octanol–water partition coefficient (Wildman–Crippen LogP) is 2.67. The molecular formula is C13H9F4N3O. The van der Waals surface area contributed by atoms with Gasteiger partial charge >= 0.3 is 0 Å². The largest absolute Gasteiger partial charge is 0.398 e. The Hall–Kier alpha value is -2.77. The van der Waals surface area contributed by atoms with Crippen LogP contribution in [0.1, 0.15) is 10.4 Å². The van der Waals surface area contributed by atoms with E-state index in [1.165, 1.54) is 0 Å². The van der Waals surface area contributed by atoms with E-state index in [9.17, 15) is 22.4 Å². The second kappa shape index (κ2) is 5.31. The van der Waals surface area contributed by atoms with Crippen molar-refractivity contribution in [3.8, 4) is 0 Å². The molecule has 0 bridgehead atoms. The Bertz CT molecular complexity index is 734. The number of primary amides is 1. The van der Waals surface area contributed by atoms with E-state index in [1.807, 2.05) is 0 Å². The molecule has 0 aliphatic heterocycles. The fraction of sp³-hybridized carbons (Fsp3) is 0. The van der Waals surface area contributed by atoms with Gasteiger partial charge in [0.25, 0.3) is 5.91 Å². The maximum absolute atomic E-state index is 13.7. The summed E-state index contributed by atoms with van der Waals surface area (Å²) in [5.74, 6) is -5.66. The minimum atomic E-state index is -1.38. The van der Waals surface area contributed by atoms with Crippen LogP contribution in [0.5, 0.6) is 0 Å². The van der Waals surface area contributed by atoms with Crippen molar-refractivity contribution >= 4 is 23.0 Å². The van der Waals surface area contributed by atoms with Crippen LogP contribution >= 0.6 is 0 Å². The Labute approximate surface area is 116 Å². The quantitative estimate of drug-likeness (QED) is 0.463. The van der Waals surface area contributed by atoms with Crippen LogP contribution in [-0.4, -0.2) is 5.91 Å². The molecule has 0 unspecified atom stereocenters. The number of hydrogen-bond donors (Lipinski definition) is 3. The van der Waals surface area contributed by atoms with Crippen LogP contribution in [0, 0.1) is 23.3 Å². The molecule has 110 valence electrons. The molecule has 1 amide bonds. The van der Waals surface area contributed by atoms with Gasteiger partial charge in [-0.25, -0.2) is 17.6 Å². The molecular weight excluding hydrogens is 290 g/mol. The Kier molecular flexibility index (Phi) is 3.70. The van der Waals surface area contributed by atoms with E-state index in [4.69, 9.17) is 11.5 Å². The van der Waals surface area contributed by atoms with Crippen LogP contribution in [0.4, 0.5) is 34.6 Å². The molecule has 0 atom stereocenters. The summed E-state index contributed by atoms with van der Waals surface area (Å²) in [7, 11) is 0. The van der Waals surface area contributed by atoms with Gasteiger partial charge in [0.1, 0.15) is 11.6 Å². The summed E-state index contributed by atoms with van der Waals surface area (Å²) in [5.41, 5.74) is 9.20. The number of benzene rings is 2. The number of nitrogen functional groups attached to an aromatic ring is 1. The van der Waals surface area contributed by atoms with Crippen LogP contribution in [-0.2, 0) is 0 Å². The number of nitrogens with one attached hydrogen (secondary N) is 1. The maximum Gasteiger partial charge on any atom is 0.250 e. The minimum Gasteiger partial charge on any atom is -0.398 e. The maximum atomic E-state index is 13.7. The number of nitrogens with two attached hydrogens (primary N) is 2. The first-order valence-corrected chi connectivity index (χ1v) is 5.60. The van der Waals surface area contributed by atoms with E-state index in [2.05, 4.69) is 5.32 Å². The van der Waals surface area contributed by atoms with E-state index in [-0.39, 0.29) is 16.9 Å². The fourth-order valence-corrected chi connectivity index (χ4v) is 1.66. The fourth-order valence-electron chi connectivity index (χ4n) is 1.66. The SMILES string of the molecule is NC(=O)c1cc(Nc2cc(F)c(F)cc2F)c(F)cc1N. The molecule has 2 rings (SSSR count). The van der Waals surface area contributed by atoms with E-state index in [1.54, 1.807) is 0 Å². The molecule has 5 N–H and O–H groups in total. The highest BCUT2D eigenvalue weighted by Crippen LogP contribution is 2.27. The first-order valence-electron chi connectivity index (χ1n) is 5.60. The van der Waals surface area contributed by atoms with E-state index in [0.29, 0.717) is 12.1 Å². The average molecular weight is 299 g/mol. The van der Waals surface area contributed by atoms with E-state index < -0.39 is 34.9 Å². The Morgan fingerprint density at radius 2 is 1.38 bits per heavy atom.